The Labute approximate surface area is 452 Å². The molecule has 8 nitrogen and oxygen atoms in total. The molecule has 6 aromatic carbocycles. The maximum absolute atomic E-state index is 14.4. The van der Waals surface area contributed by atoms with Gasteiger partial charge in [0.25, 0.3) is 0 Å². The molecule has 424 valence electrons. The smallest absolute Gasteiger partial charge is 0.432 e. The van der Waals surface area contributed by atoms with E-state index in [1.807, 2.05) is 6.92 Å². The Morgan fingerprint density at radius 3 is 1.40 bits per heavy atom. The molecule has 0 saturated carbocycles. The highest BCUT2D eigenvalue weighted by atomic mass is 19.4. The summed E-state index contributed by atoms with van der Waals surface area (Å²) in [7, 11) is 0. The first-order chi connectivity index (χ1) is 36.9. The number of carbonyl (C=O) groups excluding carboxylic acids is 2. The Hall–Kier alpha value is -7.32. The highest BCUT2D eigenvalue weighted by Gasteiger charge is 2.59. The summed E-state index contributed by atoms with van der Waals surface area (Å²) >= 11 is 0. The fourth-order valence-electron chi connectivity index (χ4n) is 9.29. The van der Waals surface area contributed by atoms with Gasteiger partial charge in [0, 0.05) is 41.2 Å². The molecular weight excluding hydrogens is 1070 g/mol. The molecule has 0 aromatic heterocycles. The summed E-state index contributed by atoms with van der Waals surface area (Å²) in [5, 5.41) is 20.8. The Morgan fingerprint density at radius 2 is 0.950 bits per heavy atom. The van der Waals surface area contributed by atoms with Gasteiger partial charge in [0.2, 0.25) is 17.1 Å². The third-order valence-corrected chi connectivity index (χ3v) is 14.3. The standard InChI is InChI=1S/C31H30F6O4.C29H24F6N2O2/c1-5-21-8-6-19(15-25(21)28(3,40)30(32,33)34)14-20-7-9-24(26(16-20)29(4,41)31(35,36)37)17-27(39)23-12-10-22(11-13-23)18(2)38;1-16-5-9-20(10-6-16)25-37-24-12-8-19(15-22(24)27(4,39-25)29(33,34)35)13-18-7-11-23-21(14-18)26(3,28(30,31)32)38-17(2)36-23/h6-13,15-16,40-41H,5,14,17H2,1-4H3;5-12,14-15H,13H2,1-4H3. The fraction of sp³-hybridized carbons (Fsp3) is 0.333. The number of halogens is 12. The van der Waals surface area contributed by atoms with E-state index >= 15 is 0 Å². The van der Waals surface area contributed by atoms with Crippen molar-refractivity contribution in [2.24, 2.45) is 9.98 Å². The Morgan fingerprint density at radius 1 is 0.537 bits per heavy atom. The van der Waals surface area contributed by atoms with Crippen molar-refractivity contribution >= 4 is 34.7 Å². The minimum absolute atomic E-state index is 0.0691. The highest BCUT2D eigenvalue weighted by molar-refractivity contribution is 6.00. The van der Waals surface area contributed by atoms with Crippen molar-refractivity contribution in [2.75, 3.05) is 0 Å². The molecule has 0 aliphatic carbocycles. The average Bonchev–Trinajstić information content (AvgIpc) is 3.43. The van der Waals surface area contributed by atoms with E-state index in [1.165, 1.54) is 92.7 Å². The number of carbonyl (C=O) groups is 2. The minimum atomic E-state index is -5.10. The van der Waals surface area contributed by atoms with Crippen LogP contribution in [-0.4, -0.2) is 58.3 Å². The predicted molar refractivity (Wildman–Crippen MR) is 276 cm³/mol. The largest absolute Gasteiger partial charge is 0.460 e. The van der Waals surface area contributed by atoms with E-state index in [-0.39, 0.29) is 87.2 Å². The maximum atomic E-state index is 14.4. The third-order valence-electron chi connectivity index (χ3n) is 14.3. The van der Waals surface area contributed by atoms with Crippen molar-refractivity contribution in [1.29, 1.82) is 0 Å². The number of Topliss-reactive ketones (excluding diaryl/α,β-unsaturated/α-hetero) is 2. The lowest BCUT2D eigenvalue weighted by atomic mass is 9.84. The average molecular weight is 1130 g/mol. The first kappa shape index (κ1) is 60.3. The highest BCUT2D eigenvalue weighted by Crippen LogP contribution is 2.51. The van der Waals surface area contributed by atoms with E-state index in [0.29, 0.717) is 41.7 Å². The summed E-state index contributed by atoms with van der Waals surface area (Å²) in [4.78, 5) is 32.8. The van der Waals surface area contributed by atoms with Gasteiger partial charge in [-0.05, 0) is 142 Å². The number of nitrogens with zero attached hydrogens (tertiary/aromatic N) is 2. The molecule has 0 saturated heterocycles. The number of aryl methyl sites for hydroxylation is 2. The van der Waals surface area contributed by atoms with Crippen LogP contribution < -0.4 is 0 Å². The molecule has 4 atom stereocenters. The van der Waals surface area contributed by atoms with Gasteiger partial charge >= 0.3 is 24.7 Å². The number of rotatable bonds is 12. The summed E-state index contributed by atoms with van der Waals surface area (Å²) in [5.74, 6) is -1.02. The SMILES string of the molecule is CC1=Nc2ccc(Cc3ccc4c(c3)C(C)(C(F)(F)F)OC(c3ccc(C)cc3)=N4)cc2C(C)(C(F)(F)F)O1.CCc1ccc(Cc2ccc(CC(=O)c3ccc(C(C)=O)cc3)c(C(C)(O)C(F)(F)F)c2)cc1C(C)(O)C(F)(F)F. The summed E-state index contributed by atoms with van der Waals surface area (Å²) < 4.78 is 178. The number of hydrogen-bond donors (Lipinski definition) is 2. The fourth-order valence-corrected chi connectivity index (χ4v) is 9.29. The van der Waals surface area contributed by atoms with Gasteiger partial charge in [-0.25, -0.2) is 9.98 Å². The van der Waals surface area contributed by atoms with Crippen molar-refractivity contribution in [3.8, 4) is 0 Å². The number of benzene rings is 6. The first-order valence-electron chi connectivity index (χ1n) is 24.9. The second-order valence-corrected chi connectivity index (χ2v) is 20.4. The summed E-state index contributed by atoms with van der Waals surface area (Å²) in [5.41, 5.74) is -9.31. The molecule has 6 aromatic rings. The van der Waals surface area contributed by atoms with Crippen molar-refractivity contribution in [1.82, 2.24) is 0 Å². The monoisotopic (exact) mass is 1130 g/mol. The Bertz CT molecular complexity index is 3390. The van der Waals surface area contributed by atoms with Crippen LogP contribution in [-0.2, 0) is 57.6 Å². The number of ketones is 2. The van der Waals surface area contributed by atoms with Gasteiger partial charge in [-0.15, -0.1) is 0 Å². The molecule has 0 spiro atoms. The number of hydrogen-bond acceptors (Lipinski definition) is 8. The molecule has 0 radical (unpaired) electrons. The summed E-state index contributed by atoms with van der Waals surface area (Å²) in [6, 6.07) is 29.2. The van der Waals surface area contributed by atoms with Crippen LogP contribution >= 0.6 is 0 Å². The lowest BCUT2D eigenvalue weighted by molar-refractivity contribution is -0.259. The molecular formula is C60H54F12N2O6. The molecule has 2 N–H and O–H groups in total. The summed E-state index contributed by atoms with van der Waals surface area (Å²) in [6.07, 6.45) is -19.9. The van der Waals surface area contributed by atoms with Crippen molar-refractivity contribution in [2.45, 2.75) is 128 Å². The van der Waals surface area contributed by atoms with E-state index in [2.05, 4.69) is 9.98 Å². The van der Waals surface area contributed by atoms with E-state index < -0.39 is 64.9 Å². The van der Waals surface area contributed by atoms with Crippen molar-refractivity contribution < 1.29 is 82.0 Å². The van der Waals surface area contributed by atoms with Gasteiger partial charge < -0.3 is 19.7 Å². The second kappa shape index (κ2) is 21.6. The van der Waals surface area contributed by atoms with Crippen LogP contribution in [0.5, 0.6) is 0 Å². The van der Waals surface area contributed by atoms with Crippen LogP contribution in [0.1, 0.15) is 136 Å². The van der Waals surface area contributed by atoms with Crippen LogP contribution in [0.15, 0.2) is 131 Å². The molecule has 2 aliphatic heterocycles. The van der Waals surface area contributed by atoms with Gasteiger partial charge in [0.1, 0.15) is 0 Å². The molecule has 4 unspecified atom stereocenters. The normalized spacial score (nSPS) is 18.8. The zero-order valence-electron chi connectivity index (χ0n) is 44.3. The zero-order valence-corrected chi connectivity index (χ0v) is 44.3. The van der Waals surface area contributed by atoms with Gasteiger partial charge in [-0.1, -0.05) is 97.4 Å². The molecule has 0 amide bonds. The van der Waals surface area contributed by atoms with E-state index in [9.17, 15) is 72.5 Å². The number of alkyl halides is 12. The van der Waals surface area contributed by atoms with Crippen molar-refractivity contribution in [3.63, 3.8) is 0 Å². The summed E-state index contributed by atoms with van der Waals surface area (Å²) in [6.45, 7) is 9.28. The van der Waals surface area contributed by atoms with Crippen LogP contribution in [0.4, 0.5) is 64.1 Å². The first-order valence-corrected chi connectivity index (χ1v) is 24.9. The molecule has 0 fully saturated rings. The molecule has 20 heteroatoms. The molecule has 80 heavy (non-hydrogen) atoms. The van der Waals surface area contributed by atoms with Crippen LogP contribution in [0.2, 0.25) is 0 Å². The van der Waals surface area contributed by atoms with Crippen LogP contribution in [0.25, 0.3) is 0 Å². The Balaban J connectivity index is 0.000000231. The minimum Gasteiger partial charge on any atom is -0.460 e. The topological polar surface area (TPSA) is 118 Å². The third kappa shape index (κ3) is 12.1. The number of aliphatic hydroxyl groups is 2. The zero-order chi connectivity index (χ0) is 59.3. The predicted octanol–water partition coefficient (Wildman–Crippen LogP) is 15.3. The number of fused-ring (bicyclic) bond motifs is 2. The van der Waals surface area contributed by atoms with E-state index in [4.69, 9.17) is 9.47 Å². The maximum Gasteiger partial charge on any atom is 0.432 e. The van der Waals surface area contributed by atoms with E-state index in [1.54, 1.807) is 43.3 Å². The quantitative estimate of drug-likeness (QED) is 0.0931. The molecule has 0 bridgehead atoms. The van der Waals surface area contributed by atoms with Gasteiger partial charge in [0.05, 0.1) is 11.4 Å². The lowest BCUT2D eigenvalue weighted by Gasteiger charge is -2.37. The van der Waals surface area contributed by atoms with Crippen molar-refractivity contribution in [3.05, 3.63) is 199 Å². The van der Waals surface area contributed by atoms with E-state index in [0.717, 1.165) is 25.5 Å². The van der Waals surface area contributed by atoms with Gasteiger partial charge in [0.15, 0.2) is 28.7 Å². The van der Waals surface area contributed by atoms with Gasteiger partial charge in [-0.3, -0.25) is 9.59 Å². The second-order valence-electron chi connectivity index (χ2n) is 20.4. The molecule has 8 rings (SSSR count). The van der Waals surface area contributed by atoms with Gasteiger partial charge in [-0.2, -0.15) is 52.7 Å². The Kier molecular flexibility index (Phi) is 16.3. The number of aliphatic imine (C=N–C) groups is 2. The molecule has 2 heterocycles. The van der Waals surface area contributed by atoms with Crippen LogP contribution in [0.3, 0.4) is 0 Å². The lowest BCUT2D eigenvalue weighted by Crippen LogP contribution is -2.45. The number of ether oxygens (including phenoxy) is 2. The van der Waals surface area contributed by atoms with Crippen LogP contribution in [0, 0.1) is 6.92 Å². The molecule has 2 aliphatic rings.